The fraction of sp³-hybridized carbons (Fsp3) is 0.273. The van der Waals surface area contributed by atoms with E-state index in [2.05, 4.69) is 20.8 Å². The molecule has 0 radical (unpaired) electrons. The SMILES string of the molecule is CC(C)[C@@H](NC(=O)c1ccc(Cl)cc1)c1nnc(SCC(=O)Nc2ccc(Cl)cc2Cl)n1C. The van der Waals surface area contributed by atoms with Crippen molar-refractivity contribution < 1.29 is 9.59 Å². The molecular formula is C22H22Cl3N5O2S. The Hall–Kier alpha value is -2.26. The number of hydrogen-bond donors (Lipinski definition) is 2. The van der Waals surface area contributed by atoms with Gasteiger partial charge in [-0.3, -0.25) is 9.59 Å². The average molecular weight is 527 g/mol. The number of halogens is 3. The molecule has 1 aromatic heterocycles. The minimum atomic E-state index is -0.373. The summed E-state index contributed by atoms with van der Waals surface area (Å²) in [4.78, 5) is 25.1. The first kappa shape index (κ1) is 25.4. The third kappa shape index (κ3) is 6.63. The third-order valence-corrected chi connectivity index (χ3v) is 6.56. The summed E-state index contributed by atoms with van der Waals surface area (Å²) in [6.45, 7) is 3.97. The number of nitrogens with zero attached hydrogens (tertiary/aromatic N) is 3. The minimum absolute atomic E-state index is 0.0531. The van der Waals surface area contributed by atoms with Crippen molar-refractivity contribution in [3.63, 3.8) is 0 Å². The summed E-state index contributed by atoms with van der Waals surface area (Å²) in [7, 11) is 1.80. The zero-order valence-corrected chi connectivity index (χ0v) is 21.2. The standard InChI is InChI=1S/C22H22Cl3N5O2S/c1-12(2)19(27-21(32)13-4-6-14(23)7-5-13)20-28-29-22(30(20)3)33-11-18(31)26-17-9-8-15(24)10-16(17)25/h4-10,12,19H,11H2,1-3H3,(H,26,31)(H,27,32)/t19-/m1/s1. The first-order valence-corrected chi connectivity index (χ1v) is 12.1. The Morgan fingerprint density at radius 2 is 1.70 bits per heavy atom. The second-order valence-corrected chi connectivity index (χ2v) is 9.79. The lowest BCUT2D eigenvalue weighted by Crippen LogP contribution is -2.33. The minimum Gasteiger partial charge on any atom is -0.342 e. The van der Waals surface area contributed by atoms with E-state index in [1.54, 1.807) is 54.1 Å². The van der Waals surface area contributed by atoms with Gasteiger partial charge in [-0.15, -0.1) is 10.2 Å². The number of carbonyl (C=O) groups excluding carboxylic acids is 2. The molecule has 0 unspecified atom stereocenters. The molecule has 11 heteroatoms. The van der Waals surface area contributed by atoms with Gasteiger partial charge in [-0.2, -0.15) is 0 Å². The highest BCUT2D eigenvalue weighted by atomic mass is 35.5. The number of anilines is 1. The highest BCUT2D eigenvalue weighted by Gasteiger charge is 2.25. The molecule has 174 valence electrons. The molecule has 0 aliphatic heterocycles. The van der Waals surface area contributed by atoms with Crippen LogP contribution in [-0.2, 0) is 11.8 Å². The van der Waals surface area contributed by atoms with E-state index in [9.17, 15) is 9.59 Å². The molecule has 2 amide bonds. The molecule has 0 spiro atoms. The van der Waals surface area contributed by atoms with Crippen molar-refractivity contribution in [3.05, 3.63) is 68.9 Å². The van der Waals surface area contributed by atoms with Crippen LogP contribution < -0.4 is 10.6 Å². The average Bonchev–Trinajstić information content (AvgIpc) is 3.12. The van der Waals surface area contributed by atoms with E-state index < -0.39 is 0 Å². The molecule has 0 aliphatic carbocycles. The van der Waals surface area contributed by atoms with Crippen LogP contribution in [0.1, 0.15) is 36.1 Å². The van der Waals surface area contributed by atoms with E-state index in [0.29, 0.717) is 37.3 Å². The van der Waals surface area contributed by atoms with Gasteiger partial charge in [0.25, 0.3) is 5.91 Å². The van der Waals surface area contributed by atoms with Gasteiger partial charge in [-0.05, 0) is 48.4 Å². The van der Waals surface area contributed by atoms with Crippen LogP contribution in [0, 0.1) is 5.92 Å². The van der Waals surface area contributed by atoms with Gasteiger partial charge in [0.1, 0.15) is 0 Å². The zero-order valence-electron chi connectivity index (χ0n) is 18.1. The van der Waals surface area contributed by atoms with Gasteiger partial charge in [0, 0.05) is 22.7 Å². The summed E-state index contributed by atoms with van der Waals surface area (Å²) in [5, 5.41) is 16.2. The van der Waals surface area contributed by atoms with Crippen molar-refractivity contribution >= 4 is 64.1 Å². The number of benzene rings is 2. The quantitative estimate of drug-likeness (QED) is 0.371. The molecule has 7 nitrogen and oxygen atoms in total. The van der Waals surface area contributed by atoms with Crippen molar-refractivity contribution in [3.8, 4) is 0 Å². The Morgan fingerprint density at radius 1 is 1.03 bits per heavy atom. The van der Waals surface area contributed by atoms with Crippen molar-refractivity contribution in [2.24, 2.45) is 13.0 Å². The number of rotatable bonds is 8. The molecule has 2 aromatic carbocycles. The van der Waals surface area contributed by atoms with Crippen molar-refractivity contribution in [1.82, 2.24) is 20.1 Å². The third-order valence-electron chi connectivity index (χ3n) is 4.74. The number of nitrogens with one attached hydrogen (secondary N) is 2. The molecule has 0 saturated carbocycles. The lowest BCUT2D eigenvalue weighted by Gasteiger charge is -2.21. The monoisotopic (exact) mass is 525 g/mol. The second-order valence-electron chi connectivity index (χ2n) is 7.56. The molecule has 33 heavy (non-hydrogen) atoms. The molecule has 3 aromatic rings. The van der Waals surface area contributed by atoms with E-state index in [-0.39, 0.29) is 29.5 Å². The maximum absolute atomic E-state index is 12.7. The predicted octanol–water partition coefficient (Wildman–Crippen LogP) is 5.63. The number of hydrogen-bond acceptors (Lipinski definition) is 5. The first-order valence-electron chi connectivity index (χ1n) is 9.99. The van der Waals surface area contributed by atoms with E-state index in [1.807, 2.05) is 13.8 Å². The molecule has 0 aliphatic rings. The van der Waals surface area contributed by atoms with Crippen LogP contribution in [0.4, 0.5) is 5.69 Å². The summed E-state index contributed by atoms with van der Waals surface area (Å²) >= 11 is 19.1. The molecule has 3 rings (SSSR count). The maximum atomic E-state index is 12.7. The molecule has 0 fully saturated rings. The topological polar surface area (TPSA) is 88.9 Å². The Labute approximate surface area is 211 Å². The van der Waals surface area contributed by atoms with Gasteiger partial charge < -0.3 is 15.2 Å². The molecule has 1 atom stereocenters. The lowest BCUT2D eigenvalue weighted by molar-refractivity contribution is -0.113. The normalized spacial score (nSPS) is 12.0. The number of carbonyl (C=O) groups is 2. The number of aromatic nitrogens is 3. The van der Waals surface area contributed by atoms with Crippen LogP contribution in [0.2, 0.25) is 15.1 Å². The van der Waals surface area contributed by atoms with Gasteiger partial charge in [0.2, 0.25) is 5.91 Å². The summed E-state index contributed by atoms with van der Waals surface area (Å²) in [5.41, 5.74) is 0.981. The molecule has 1 heterocycles. The van der Waals surface area contributed by atoms with Gasteiger partial charge >= 0.3 is 0 Å². The zero-order chi connectivity index (χ0) is 24.1. The lowest BCUT2D eigenvalue weighted by atomic mass is 10.0. The van der Waals surface area contributed by atoms with Gasteiger partial charge in [-0.25, -0.2) is 0 Å². The highest BCUT2D eigenvalue weighted by molar-refractivity contribution is 7.99. The fourth-order valence-electron chi connectivity index (χ4n) is 2.99. The van der Waals surface area contributed by atoms with Gasteiger partial charge in [0.05, 0.1) is 22.5 Å². The second kappa shape index (κ2) is 11.2. The number of amides is 2. The fourth-order valence-corrected chi connectivity index (χ4v) is 4.28. The van der Waals surface area contributed by atoms with E-state index in [4.69, 9.17) is 34.8 Å². The van der Waals surface area contributed by atoms with Crippen LogP contribution in [-0.4, -0.2) is 32.3 Å². The van der Waals surface area contributed by atoms with Crippen LogP contribution in [0.5, 0.6) is 0 Å². The molecule has 0 bridgehead atoms. The number of thioether (sulfide) groups is 1. The summed E-state index contributed by atoms with van der Waals surface area (Å²) < 4.78 is 1.78. The highest BCUT2D eigenvalue weighted by Crippen LogP contribution is 2.27. The largest absolute Gasteiger partial charge is 0.342 e. The van der Waals surface area contributed by atoms with Crippen molar-refractivity contribution in [2.75, 3.05) is 11.1 Å². The smallest absolute Gasteiger partial charge is 0.251 e. The van der Waals surface area contributed by atoms with Gasteiger partial charge in [-0.1, -0.05) is 60.4 Å². The first-order chi connectivity index (χ1) is 15.7. The van der Waals surface area contributed by atoms with E-state index >= 15 is 0 Å². The molecule has 2 N–H and O–H groups in total. The Balaban J connectivity index is 1.66. The van der Waals surface area contributed by atoms with Crippen LogP contribution >= 0.6 is 46.6 Å². The maximum Gasteiger partial charge on any atom is 0.251 e. The van der Waals surface area contributed by atoms with Crippen molar-refractivity contribution in [1.29, 1.82) is 0 Å². The van der Waals surface area contributed by atoms with Crippen LogP contribution in [0.25, 0.3) is 0 Å². The predicted molar refractivity (Wildman–Crippen MR) is 133 cm³/mol. The Bertz CT molecular complexity index is 1150. The van der Waals surface area contributed by atoms with E-state index in [1.165, 1.54) is 11.8 Å². The van der Waals surface area contributed by atoms with Crippen LogP contribution in [0.15, 0.2) is 47.6 Å². The summed E-state index contributed by atoms with van der Waals surface area (Å²) in [6.07, 6.45) is 0. The van der Waals surface area contributed by atoms with Crippen LogP contribution in [0.3, 0.4) is 0 Å². The summed E-state index contributed by atoms with van der Waals surface area (Å²) in [6, 6.07) is 11.1. The summed E-state index contributed by atoms with van der Waals surface area (Å²) in [5.74, 6) is 0.273. The Kier molecular flexibility index (Phi) is 8.64. The van der Waals surface area contributed by atoms with Gasteiger partial charge in [0.15, 0.2) is 11.0 Å². The van der Waals surface area contributed by atoms with E-state index in [0.717, 1.165) is 0 Å². The Morgan fingerprint density at radius 3 is 2.33 bits per heavy atom. The van der Waals surface area contributed by atoms with Crippen molar-refractivity contribution in [2.45, 2.75) is 25.0 Å². The molecular weight excluding hydrogens is 505 g/mol. The molecule has 0 saturated heterocycles.